The molecule has 1 unspecified atom stereocenters. The van der Waals surface area contributed by atoms with Crippen LogP contribution in [-0.4, -0.2) is 57.2 Å². The van der Waals surface area contributed by atoms with Gasteiger partial charge in [0.2, 0.25) is 5.91 Å². The van der Waals surface area contributed by atoms with E-state index in [2.05, 4.69) is 19.2 Å². The van der Waals surface area contributed by atoms with Crippen LogP contribution in [0.25, 0.3) is 0 Å². The molecule has 2 aliphatic rings. The third-order valence-corrected chi connectivity index (χ3v) is 7.58. The minimum atomic E-state index is -0.482. The fourth-order valence-electron chi connectivity index (χ4n) is 5.17. The van der Waals surface area contributed by atoms with E-state index in [4.69, 9.17) is 14.6 Å². The molecular weight excluding hydrogens is 450 g/mol. The molecule has 4 atom stereocenters. The number of hydrogen-bond acceptors (Lipinski definition) is 6. The van der Waals surface area contributed by atoms with Crippen molar-refractivity contribution in [2.24, 2.45) is 11.3 Å². The minimum absolute atomic E-state index is 0.00418. The molecule has 2 fully saturated rings. The molecule has 0 aromatic heterocycles. The van der Waals surface area contributed by atoms with Crippen LogP contribution >= 0.6 is 0 Å². The molecule has 1 aromatic rings. The van der Waals surface area contributed by atoms with Crippen LogP contribution in [-0.2, 0) is 20.7 Å². The Hall–Kier alpha value is -2.32. The number of phenols is 2. The first-order valence-electron chi connectivity index (χ1n) is 12.6. The summed E-state index contributed by atoms with van der Waals surface area (Å²) in [6.45, 7) is 9.44. The highest BCUT2D eigenvalue weighted by molar-refractivity contribution is 5.73. The Bertz CT molecular complexity index is 839. The topological polar surface area (TPSA) is 136 Å². The molecule has 8 heteroatoms. The highest BCUT2D eigenvalue weighted by Gasteiger charge is 2.45. The molecule has 198 valence electrons. The van der Waals surface area contributed by atoms with Gasteiger partial charge in [-0.1, -0.05) is 13.8 Å². The lowest BCUT2D eigenvalue weighted by Crippen LogP contribution is -2.52. The molecule has 1 aliphatic heterocycles. The van der Waals surface area contributed by atoms with Gasteiger partial charge in [0.15, 0.2) is 0 Å². The molecule has 0 bridgehead atoms. The number of ether oxygens (including phenoxy) is 1. The Morgan fingerprint density at radius 2 is 1.77 bits per heavy atom. The molecule has 1 amide bonds. The first kappa shape index (κ1) is 28.9. The van der Waals surface area contributed by atoms with Gasteiger partial charge in [-0.2, -0.15) is 0 Å². The molecular formula is C27H43NO7. The summed E-state index contributed by atoms with van der Waals surface area (Å²) in [6.07, 6.45) is 6.37. The number of carbonyl (C=O) groups excluding carboxylic acids is 1. The lowest BCUT2D eigenvalue weighted by atomic mass is 9.75. The lowest BCUT2D eigenvalue weighted by molar-refractivity contribution is -0.147. The van der Waals surface area contributed by atoms with E-state index in [0.717, 1.165) is 48.8 Å². The van der Waals surface area contributed by atoms with Crippen molar-refractivity contribution in [1.29, 1.82) is 0 Å². The van der Waals surface area contributed by atoms with E-state index in [-0.39, 0.29) is 47.5 Å². The number of benzene rings is 1. The summed E-state index contributed by atoms with van der Waals surface area (Å²) in [5.41, 5.74) is 2.51. The summed E-state index contributed by atoms with van der Waals surface area (Å²) in [7, 11) is 0. The molecule has 1 heterocycles. The highest BCUT2D eigenvalue weighted by atomic mass is 16.5. The Labute approximate surface area is 208 Å². The van der Waals surface area contributed by atoms with Gasteiger partial charge in [0, 0.05) is 19.4 Å². The maximum Gasteiger partial charge on any atom is 0.290 e. The monoisotopic (exact) mass is 493 g/mol. The Balaban J connectivity index is 0.00000137. The molecule has 3 rings (SSSR count). The lowest BCUT2D eigenvalue weighted by Gasteiger charge is -2.45. The standard InChI is InChI=1S/C26H41NO5.CH2O2/c1-15-20(16(2)22(31)14-21(15)30)8-6-7-19(29)13-24-26(4,5)12-11-23(32-24)25(18-9-10-18)27-17(3)28;2-1-3/h14,18-19,23-25,29-31H,6-13H2,1-5H3,(H,27,28);1H,(H,2,3)/t19-,23+,24-,25?;/m1./s1. The molecule has 8 nitrogen and oxygen atoms in total. The van der Waals surface area contributed by atoms with Crippen molar-refractivity contribution in [3.05, 3.63) is 22.8 Å². The van der Waals surface area contributed by atoms with E-state index in [9.17, 15) is 20.1 Å². The summed E-state index contributed by atoms with van der Waals surface area (Å²) in [5, 5.41) is 40.8. The van der Waals surface area contributed by atoms with Gasteiger partial charge in [0.25, 0.3) is 6.47 Å². The Morgan fingerprint density at radius 3 is 2.29 bits per heavy atom. The van der Waals surface area contributed by atoms with Crippen molar-refractivity contribution in [1.82, 2.24) is 5.32 Å². The van der Waals surface area contributed by atoms with Gasteiger partial charge >= 0.3 is 0 Å². The molecule has 5 N–H and O–H groups in total. The Kier molecular flexibility index (Phi) is 10.4. The van der Waals surface area contributed by atoms with Crippen LogP contribution in [0.3, 0.4) is 0 Å². The number of hydrogen-bond donors (Lipinski definition) is 5. The number of amides is 1. The zero-order valence-corrected chi connectivity index (χ0v) is 21.7. The van der Waals surface area contributed by atoms with Crippen LogP contribution in [0.2, 0.25) is 0 Å². The normalized spacial score (nSPS) is 22.9. The van der Waals surface area contributed by atoms with Gasteiger partial charge in [-0.05, 0) is 86.8 Å². The van der Waals surface area contributed by atoms with Crippen molar-refractivity contribution in [2.75, 3.05) is 0 Å². The largest absolute Gasteiger partial charge is 0.508 e. The highest BCUT2D eigenvalue weighted by Crippen LogP contribution is 2.43. The van der Waals surface area contributed by atoms with Crippen LogP contribution in [0.15, 0.2) is 6.07 Å². The second kappa shape index (κ2) is 12.6. The maximum atomic E-state index is 11.7. The van der Waals surface area contributed by atoms with Gasteiger partial charge in [-0.15, -0.1) is 0 Å². The predicted molar refractivity (Wildman–Crippen MR) is 134 cm³/mol. The van der Waals surface area contributed by atoms with E-state index in [0.29, 0.717) is 25.2 Å². The number of rotatable bonds is 9. The smallest absolute Gasteiger partial charge is 0.290 e. The average Bonchev–Trinajstić information content (AvgIpc) is 3.60. The average molecular weight is 494 g/mol. The second-order valence-electron chi connectivity index (χ2n) is 10.8. The van der Waals surface area contributed by atoms with E-state index in [1.807, 2.05) is 13.8 Å². The number of aliphatic hydroxyl groups is 1. The fourth-order valence-corrected chi connectivity index (χ4v) is 5.17. The van der Waals surface area contributed by atoms with Crippen LogP contribution in [0.4, 0.5) is 0 Å². The van der Waals surface area contributed by atoms with Crippen LogP contribution in [0, 0.1) is 25.2 Å². The van der Waals surface area contributed by atoms with Crippen LogP contribution < -0.4 is 5.32 Å². The van der Waals surface area contributed by atoms with Gasteiger partial charge in [0.1, 0.15) is 11.5 Å². The summed E-state index contributed by atoms with van der Waals surface area (Å²) >= 11 is 0. The van der Waals surface area contributed by atoms with E-state index in [1.165, 1.54) is 6.07 Å². The van der Waals surface area contributed by atoms with E-state index in [1.54, 1.807) is 6.92 Å². The number of aliphatic hydroxyl groups excluding tert-OH is 1. The van der Waals surface area contributed by atoms with Crippen molar-refractivity contribution in [3.63, 3.8) is 0 Å². The first-order chi connectivity index (χ1) is 16.4. The number of aromatic hydroxyl groups is 2. The van der Waals surface area contributed by atoms with Crippen molar-refractivity contribution in [3.8, 4) is 11.5 Å². The van der Waals surface area contributed by atoms with Crippen molar-refractivity contribution < 1.29 is 34.8 Å². The molecule has 0 spiro atoms. The van der Waals surface area contributed by atoms with Gasteiger partial charge in [-0.3, -0.25) is 9.59 Å². The SMILES string of the molecule is CC(=O)NC(C1CC1)[C@@H]1CCC(C)(C)[C@@H](C[C@H](O)CCCc2c(C)c(O)cc(O)c2C)O1.O=CO. The van der Waals surface area contributed by atoms with Crippen LogP contribution in [0.1, 0.15) is 82.4 Å². The third-order valence-electron chi connectivity index (χ3n) is 7.58. The number of phenolic OH excluding ortho intramolecular Hbond substituents is 2. The fraction of sp³-hybridized carbons (Fsp3) is 0.704. The summed E-state index contributed by atoms with van der Waals surface area (Å²) in [6, 6.07) is 1.46. The zero-order chi connectivity index (χ0) is 26.3. The Morgan fingerprint density at radius 1 is 1.20 bits per heavy atom. The third kappa shape index (κ3) is 8.10. The maximum absolute atomic E-state index is 11.7. The number of carbonyl (C=O) groups is 2. The number of nitrogens with one attached hydrogen (secondary N) is 1. The molecule has 1 aliphatic carbocycles. The molecule has 1 saturated heterocycles. The minimum Gasteiger partial charge on any atom is -0.508 e. The first-order valence-corrected chi connectivity index (χ1v) is 12.6. The molecule has 35 heavy (non-hydrogen) atoms. The summed E-state index contributed by atoms with van der Waals surface area (Å²) < 4.78 is 6.53. The van der Waals surface area contributed by atoms with Crippen molar-refractivity contribution in [2.45, 2.75) is 110 Å². The summed E-state index contributed by atoms with van der Waals surface area (Å²) in [5.74, 6) is 0.726. The second-order valence-corrected chi connectivity index (χ2v) is 10.8. The van der Waals surface area contributed by atoms with Gasteiger partial charge in [-0.25, -0.2) is 0 Å². The van der Waals surface area contributed by atoms with E-state index < -0.39 is 6.10 Å². The predicted octanol–water partition coefficient (Wildman–Crippen LogP) is 3.98. The molecule has 1 saturated carbocycles. The molecule has 0 radical (unpaired) electrons. The molecule has 1 aromatic carbocycles. The van der Waals surface area contributed by atoms with Crippen LogP contribution in [0.5, 0.6) is 11.5 Å². The number of carboxylic acid groups (broad SMARTS) is 1. The van der Waals surface area contributed by atoms with Gasteiger partial charge < -0.3 is 30.5 Å². The zero-order valence-electron chi connectivity index (χ0n) is 21.7. The van der Waals surface area contributed by atoms with Crippen molar-refractivity contribution >= 4 is 12.4 Å². The summed E-state index contributed by atoms with van der Waals surface area (Å²) in [4.78, 5) is 20.1. The van der Waals surface area contributed by atoms with E-state index >= 15 is 0 Å². The quantitative estimate of drug-likeness (QED) is 0.328. The van der Waals surface area contributed by atoms with Gasteiger partial charge in [0.05, 0.1) is 24.4 Å².